The van der Waals surface area contributed by atoms with E-state index in [4.69, 9.17) is 0 Å². The van der Waals surface area contributed by atoms with Crippen LogP contribution < -0.4 is 0 Å². The molecule has 2 heteroatoms. The molecule has 1 aromatic rings. The lowest BCUT2D eigenvalue weighted by Gasteiger charge is -1.86. The van der Waals surface area contributed by atoms with Gasteiger partial charge in [0.15, 0.2) is 0 Å². The van der Waals surface area contributed by atoms with Gasteiger partial charge in [-0.3, -0.25) is 9.98 Å². The lowest BCUT2D eigenvalue weighted by molar-refractivity contribution is 1.10. The maximum atomic E-state index is 3.88. The van der Waals surface area contributed by atoms with Crippen LogP contribution in [0.2, 0.25) is 0 Å². The number of hydrogen-bond donors (Lipinski definition) is 0. The van der Waals surface area contributed by atoms with Gasteiger partial charge in [0.2, 0.25) is 0 Å². The topological polar surface area (TPSA) is 25.2 Å². The van der Waals surface area contributed by atoms with E-state index in [0.29, 0.717) is 0 Å². The van der Waals surface area contributed by atoms with E-state index in [1.165, 1.54) is 11.1 Å². The Balaban J connectivity index is -0.000000214. The Hall–Kier alpha value is -1.44. The first-order chi connectivity index (χ1) is 9.20. The molecule has 1 heterocycles. The molecule has 0 saturated carbocycles. The number of aryl methyl sites for hydroxylation is 1. The SMILES string of the molecule is CC.CC.CC/C(C)=C\C=NC.Cc1cccnc1. The van der Waals surface area contributed by atoms with Crippen molar-refractivity contribution in [3.05, 3.63) is 41.7 Å². The van der Waals surface area contributed by atoms with Gasteiger partial charge in [0.25, 0.3) is 0 Å². The number of hydrogen-bond acceptors (Lipinski definition) is 2. The van der Waals surface area contributed by atoms with Crippen molar-refractivity contribution in [3.63, 3.8) is 0 Å². The van der Waals surface area contributed by atoms with Gasteiger partial charge in [-0.25, -0.2) is 0 Å². The van der Waals surface area contributed by atoms with E-state index in [9.17, 15) is 0 Å². The van der Waals surface area contributed by atoms with Gasteiger partial charge in [-0.1, -0.05) is 46.3 Å². The van der Waals surface area contributed by atoms with Crippen molar-refractivity contribution in [1.29, 1.82) is 0 Å². The Morgan fingerprint density at radius 3 is 2.11 bits per heavy atom. The van der Waals surface area contributed by atoms with Crippen LogP contribution in [0.4, 0.5) is 0 Å². The molecule has 19 heavy (non-hydrogen) atoms. The molecule has 110 valence electrons. The number of pyridine rings is 1. The Morgan fingerprint density at radius 1 is 1.26 bits per heavy atom. The van der Waals surface area contributed by atoms with Crippen molar-refractivity contribution in [1.82, 2.24) is 4.98 Å². The van der Waals surface area contributed by atoms with Crippen LogP contribution in [0, 0.1) is 6.92 Å². The van der Waals surface area contributed by atoms with Crippen LogP contribution in [0.25, 0.3) is 0 Å². The molecule has 0 bridgehead atoms. The minimum atomic E-state index is 1.12. The summed E-state index contributed by atoms with van der Waals surface area (Å²) in [6.45, 7) is 14.3. The van der Waals surface area contributed by atoms with Crippen molar-refractivity contribution >= 4 is 6.21 Å². The Labute approximate surface area is 120 Å². The summed E-state index contributed by atoms with van der Waals surface area (Å²) in [5, 5.41) is 0. The fraction of sp³-hybridized carbons (Fsp3) is 0.529. The molecule has 1 rings (SSSR count). The minimum absolute atomic E-state index is 1.12. The number of rotatable bonds is 2. The van der Waals surface area contributed by atoms with E-state index in [2.05, 4.69) is 23.8 Å². The summed E-state index contributed by atoms with van der Waals surface area (Å²) in [5.41, 5.74) is 2.58. The van der Waals surface area contributed by atoms with Gasteiger partial charge >= 0.3 is 0 Å². The first-order valence-corrected chi connectivity index (χ1v) is 7.15. The second-order valence-electron chi connectivity index (χ2n) is 3.30. The second-order valence-corrected chi connectivity index (χ2v) is 3.30. The molecule has 0 aliphatic carbocycles. The van der Waals surface area contributed by atoms with Gasteiger partial charge in [0, 0.05) is 25.7 Å². The Morgan fingerprint density at radius 2 is 1.84 bits per heavy atom. The van der Waals surface area contributed by atoms with Crippen molar-refractivity contribution in [2.24, 2.45) is 4.99 Å². The first kappa shape index (κ1) is 22.7. The van der Waals surface area contributed by atoms with Crippen LogP contribution >= 0.6 is 0 Å². The third kappa shape index (κ3) is 22.3. The predicted octanol–water partition coefficient (Wildman–Crippen LogP) is 5.49. The first-order valence-electron chi connectivity index (χ1n) is 7.15. The predicted molar refractivity (Wildman–Crippen MR) is 90.1 cm³/mol. The molecule has 0 N–H and O–H groups in total. The smallest absolute Gasteiger partial charge is 0.0297 e. The van der Waals surface area contributed by atoms with Crippen LogP contribution in [-0.4, -0.2) is 18.2 Å². The highest BCUT2D eigenvalue weighted by molar-refractivity contribution is 5.71. The van der Waals surface area contributed by atoms with Crippen LogP contribution in [0.1, 0.15) is 53.5 Å². The number of nitrogens with zero attached hydrogens (tertiary/aromatic N) is 2. The van der Waals surface area contributed by atoms with E-state index >= 15 is 0 Å². The zero-order valence-electron chi connectivity index (χ0n) is 14.1. The van der Waals surface area contributed by atoms with Crippen molar-refractivity contribution in [2.75, 3.05) is 7.05 Å². The minimum Gasteiger partial charge on any atom is -0.297 e. The average Bonchev–Trinajstić information content (AvgIpc) is 2.50. The highest BCUT2D eigenvalue weighted by atomic mass is 14.6. The van der Waals surface area contributed by atoms with Crippen molar-refractivity contribution in [2.45, 2.75) is 54.9 Å². The van der Waals surface area contributed by atoms with Gasteiger partial charge in [-0.15, -0.1) is 0 Å². The summed E-state index contributed by atoms with van der Waals surface area (Å²) in [7, 11) is 1.78. The zero-order valence-corrected chi connectivity index (χ0v) is 14.1. The lowest BCUT2D eigenvalue weighted by Crippen LogP contribution is -1.71. The molecule has 0 spiro atoms. The summed E-state index contributed by atoms with van der Waals surface area (Å²) in [5.74, 6) is 0. The average molecular weight is 264 g/mol. The molecule has 0 fully saturated rings. The molecule has 2 nitrogen and oxygen atoms in total. The maximum Gasteiger partial charge on any atom is 0.0297 e. The molecular weight excluding hydrogens is 232 g/mol. The van der Waals surface area contributed by atoms with E-state index in [1.807, 2.05) is 65.2 Å². The molecule has 0 aliphatic rings. The number of aromatic nitrogens is 1. The van der Waals surface area contributed by atoms with Crippen LogP contribution in [0.3, 0.4) is 0 Å². The van der Waals surface area contributed by atoms with Crippen LogP contribution in [0.15, 0.2) is 41.2 Å². The standard InChI is InChI=1S/C7H13N.C6H7N.2C2H6/c1-4-7(2)5-6-8-3;1-6-3-2-4-7-5-6;2*1-2/h5-6H,4H2,1-3H3;2-5H,1H3;2*1-2H3/b7-5-,8-6?;;;. The van der Waals surface area contributed by atoms with Crippen molar-refractivity contribution in [3.8, 4) is 0 Å². The summed E-state index contributed by atoms with van der Waals surface area (Å²) in [6, 6.07) is 3.95. The normalized spacial score (nSPS) is 9.37. The second kappa shape index (κ2) is 21.8. The highest BCUT2D eigenvalue weighted by Crippen LogP contribution is 1.94. The Kier molecular flexibility index (Phi) is 26.1. The summed E-state index contributed by atoms with van der Waals surface area (Å²) in [6.07, 6.45) is 8.57. The molecule has 0 atom stereocenters. The van der Waals surface area contributed by atoms with Gasteiger partial charge < -0.3 is 0 Å². The summed E-state index contributed by atoms with van der Waals surface area (Å²) >= 11 is 0. The monoisotopic (exact) mass is 264 g/mol. The molecule has 0 aliphatic heterocycles. The summed E-state index contributed by atoms with van der Waals surface area (Å²) in [4.78, 5) is 7.71. The maximum absolute atomic E-state index is 3.88. The molecule has 0 aromatic carbocycles. The molecule has 1 aromatic heterocycles. The summed E-state index contributed by atoms with van der Waals surface area (Å²) < 4.78 is 0. The van der Waals surface area contributed by atoms with Gasteiger partial charge in [-0.05, 0) is 38.0 Å². The van der Waals surface area contributed by atoms with Crippen LogP contribution in [0.5, 0.6) is 0 Å². The van der Waals surface area contributed by atoms with E-state index in [1.54, 1.807) is 13.2 Å². The van der Waals surface area contributed by atoms with Gasteiger partial charge in [-0.2, -0.15) is 0 Å². The Bertz CT molecular complexity index is 300. The lowest BCUT2D eigenvalue weighted by atomic mass is 10.2. The van der Waals surface area contributed by atoms with E-state index in [-0.39, 0.29) is 0 Å². The van der Waals surface area contributed by atoms with Crippen molar-refractivity contribution < 1.29 is 0 Å². The molecule has 0 saturated heterocycles. The van der Waals surface area contributed by atoms with Crippen LogP contribution in [-0.2, 0) is 0 Å². The molecule has 0 amide bonds. The van der Waals surface area contributed by atoms with E-state index < -0.39 is 0 Å². The highest BCUT2D eigenvalue weighted by Gasteiger charge is 1.76. The van der Waals surface area contributed by atoms with Gasteiger partial charge in [0.1, 0.15) is 0 Å². The fourth-order valence-electron chi connectivity index (χ4n) is 0.768. The van der Waals surface area contributed by atoms with E-state index in [0.717, 1.165) is 6.42 Å². The largest absolute Gasteiger partial charge is 0.297 e. The third-order valence-corrected chi connectivity index (χ3v) is 1.88. The quantitative estimate of drug-likeness (QED) is 0.649. The third-order valence-electron chi connectivity index (χ3n) is 1.88. The zero-order chi connectivity index (χ0) is 15.5. The number of allylic oxidation sites excluding steroid dienone is 2. The molecular formula is C17H32N2. The molecule has 0 unspecified atom stereocenters. The molecule has 0 radical (unpaired) electrons. The fourth-order valence-corrected chi connectivity index (χ4v) is 0.768. The number of aliphatic imine (C=N–C) groups is 1. The van der Waals surface area contributed by atoms with Gasteiger partial charge in [0.05, 0.1) is 0 Å².